The highest BCUT2D eigenvalue weighted by molar-refractivity contribution is 5.40. The fourth-order valence-electron chi connectivity index (χ4n) is 2.41. The number of aryl methyl sites for hydroxylation is 3. The fraction of sp³-hybridized carbons (Fsp3) is 0.600. The number of nitrogens with two attached hydrogens (primary N) is 1. The summed E-state index contributed by atoms with van der Waals surface area (Å²) in [7, 11) is 0. The van der Waals surface area contributed by atoms with E-state index in [2.05, 4.69) is 32.9 Å². The van der Waals surface area contributed by atoms with Gasteiger partial charge < -0.3 is 10.8 Å². The maximum absolute atomic E-state index is 10.3. The van der Waals surface area contributed by atoms with E-state index in [0.29, 0.717) is 0 Å². The molecule has 0 saturated carbocycles. The Morgan fingerprint density at radius 3 is 1.82 bits per heavy atom. The molecule has 3 N–H and O–H groups in total. The summed E-state index contributed by atoms with van der Waals surface area (Å²) < 4.78 is 0. The first-order valence-electron chi connectivity index (χ1n) is 6.16. The molecular formula is C15H25NO. The second-order valence-electron chi connectivity index (χ2n) is 6.15. The van der Waals surface area contributed by atoms with Gasteiger partial charge >= 0.3 is 0 Å². The Morgan fingerprint density at radius 2 is 1.47 bits per heavy atom. The van der Waals surface area contributed by atoms with Crippen molar-refractivity contribution in [2.24, 2.45) is 11.1 Å². The van der Waals surface area contributed by atoms with Crippen LogP contribution < -0.4 is 5.73 Å². The minimum atomic E-state index is -0.539. The van der Waals surface area contributed by atoms with Crippen molar-refractivity contribution in [2.45, 2.75) is 53.7 Å². The lowest BCUT2D eigenvalue weighted by Gasteiger charge is -2.32. The first kappa shape index (κ1) is 14.2. The predicted octanol–water partition coefficient (Wildman–Crippen LogP) is 3.02. The van der Waals surface area contributed by atoms with Crippen LogP contribution in [0.3, 0.4) is 0 Å². The van der Waals surface area contributed by atoms with Gasteiger partial charge in [-0.1, -0.05) is 38.5 Å². The molecule has 0 heterocycles. The van der Waals surface area contributed by atoms with Gasteiger partial charge in [0.15, 0.2) is 0 Å². The number of aliphatic hydroxyl groups is 1. The molecular weight excluding hydrogens is 210 g/mol. The molecule has 0 spiro atoms. The Hall–Kier alpha value is -0.860. The summed E-state index contributed by atoms with van der Waals surface area (Å²) in [5.41, 5.74) is 10.7. The lowest BCUT2D eigenvalue weighted by molar-refractivity contribution is 0.0398. The van der Waals surface area contributed by atoms with Crippen LogP contribution in [-0.2, 0) is 0 Å². The van der Waals surface area contributed by atoms with Crippen molar-refractivity contribution in [3.8, 4) is 0 Å². The quantitative estimate of drug-likeness (QED) is 0.827. The molecule has 2 nitrogen and oxygen atoms in total. The van der Waals surface area contributed by atoms with Crippen molar-refractivity contribution in [1.29, 1.82) is 0 Å². The first-order valence-corrected chi connectivity index (χ1v) is 6.16. The van der Waals surface area contributed by atoms with Gasteiger partial charge in [0.05, 0.1) is 12.1 Å². The maximum atomic E-state index is 10.3. The highest BCUT2D eigenvalue weighted by Gasteiger charge is 2.30. The zero-order valence-corrected chi connectivity index (χ0v) is 11.8. The van der Waals surface area contributed by atoms with E-state index in [4.69, 9.17) is 5.73 Å². The molecule has 17 heavy (non-hydrogen) atoms. The predicted molar refractivity (Wildman–Crippen MR) is 73.0 cm³/mol. The van der Waals surface area contributed by atoms with Crippen LogP contribution in [0.25, 0.3) is 0 Å². The third kappa shape index (κ3) is 3.08. The second kappa shape index (κ2) is 4.79. The molecule has 0 amide bonds. The molecule has 0 saturated heterocycles. The van der Waals surface area contributed by atoms with Crippen LogP contribution in [0, 0.1) is 26.2 Å². The highest BCUT2D eigenvalue weighted by Crippen LogP contribution is 2.32. The van der Waals surface area contributed by atoms with Crippen molar-refractivity contribution in [3.63, 3.8) is 0 Å². The summed E-state index contributed by atoms with van der Waals surface area (Å²) in [4.78, 5) is 0. The number of aliphatic hydroxyl groups excluding tert-OH is 1. The number of hydrogen-bond donors (Lipinski definition) is 2. The van der Waals surface area contributed by atoms with E-state index >= 15 is 0 Å². The van der Waals surface area contributed by atoms with Crippen LogP contribution in [0.2, 0.25) is 0 Å². The first-order chi connectivity index (χ1) is 7.64. The average molecular weight is 235 g/mol. The van der Waals surface area contributed by atoms with Gasteiger partial charge in [0, 0.05) is 0 Å². The van der Waals surface area contributed by atoms with Gasteiger partial charge in [0.1, 0.15) is 0 Å². The summed E-state index contributed by atoms with van der Waals surface area (Å²) in [6, 6.07) is 3.92. The van der Waals surface area contributed by atoms with E-state index in [1.165, 1.54) is 16.7 Å². The van der Waals surface area contributed by atoms with Gasteiger partial charge in [-0.15, -0.1) is 0 Å². The molecule has 0 bridgehead atoms. The zero-order valence-electron chi connectivity index (χ0n) is 11.8. The van der Waals surface area contributed by atoms with Crippen molar-refractivity contribution < 1.29 is 5.11 Å². The fourth-order valence-corrected chi connectivity index (χ4v) is 2.41. The zero-order chi connectivity index (χ0) is 13.4. The second-order valence-corrected chi connectivity index (χ2v) is 6.15. The molecule has 2 atom stereocenters. The van der Waals surface area contributed by atoms with Crippen LogP contribution in [0.4, 0.5) is 0 Å². The van der Waals surface area contributed by atoms with E-state index in [1.54, 1.807) is 0 Å². The van der Waals surface area contributed by atoms with Crippen LogP contribution >= 0.6 is 0 Å². The largest absolute Gasteiger partial charge is 0.391 e. The highest BCUT2D eigenvalue weighted by atomic mass is 16.3. The van der Waals surface area contributed by atoms with Crippen LogP contribution in [0.1, 0.15) is 49.1 Å². The van der Waals surface area contributed by atoms with Gasteiger partial charge in [-0.05, 0) is 42.9 Å². The molecule has 0 aromatic heterocycles. The minimum Gasteiger partial charge on any atom is -0.391 e. The van der Waals surface area contributed by atoms with E-state index in [0.717, 1.165) is 5.56 Å². The van der Waals surface area contributed by atoms with Gasteiger partial charge in [-0.3, -0.25) is 0 Å². The summed E-state index contributed by atoms with van der Waals surface area (Å²) in [5, 5.41) is 10.3. The van der Waals surface area contributed by atoms with Crippen molar-refractivity contribution in [1.82, 2.24) is 0 Å². The molecule has 1 aromatic carbocycles. The van der Waals surface area contributed by atoms with Crippen LogP contribution in [0.15, 0.2) is 12.1 Å². The lowest BCUT2D eigenvalue weighted by Crippen LogP contribution is -2.37. The standard InChI is InChI=1S/C15H25NO/c1-9-7-10(2)12(11(3)8-9)13(16)14(17)15(4,5)6/h7-8,13-14,17H,16H2,1-6H3/t13-,14-/m1/s1. The lowest BCUT2D eigenvalue weighted by atomic mass is 9.80. The average Bonchev–Trinajstić information content (AvgIpc) is 2.13. The Bertz CT molecular complexity index is 381. The number of rotatable bonds is 2. The van der Waals surface area contributed by atoms with Crippen molar-refractivity contribution >= 4 is 0 Å². The molecule has 1 rings (SSSR count). The van der Waals surface area contributed by atoms with Crippen LogP contribution in [-0.4, -0.2) is 11.2 Å². The van der Waals surface area contributed by atoms with Gasteiger partial charge in [0.2, 0.25) is 0 Å². The van der Waals surface area contributed by atoms with Gasteiger partial charge in [-0.25, -0.2) is 0 Å². The van der Waals surface area contributed by atoms with E-state index in [9.17, 15) is 5.11 Å². The third-order valence-electron chi connectivity index (χ3n) is 3.30. The molecule has 2 heteroatoms. The molecule has 0 aliphatic carbocycles. The molecule has 0 unspecified atom stereocenters. The molecule has 0 radical (unpaired) electrons. The van der Waals surface area contributed by atoms with Crippen molar-refractivity contribution in [2.75, 3.05) is 0 Å². The van der Waals surface area contributed by atoms with Gasteiger partial charge in [-0.2, -0.15) is 0 Å². The van der Waals surface area contributed by atoms with E-state index in [-0.39, 0.29) is 11.5 Å². The minimum absolute atomic E-state index is 0.205. The Balaban J connectivity index is 3.17. The Kier molecular flexibility index (Phi) is 4.00. The van der Waals surface area contributed by atoms with E-state index in [1.807, 2.05) is 20.8 Å². The molecule has 0 aliphatic heterocycles. The topological polar surface area (TPSA) is 46.2 Å². The molecule has 1 aromatic rings. The number of hydrogen-bond acceptors (Lipinski definition) is 2. The summed E-state index contributed by atoms with van der Waals surface area (Å²) in [6.07, 6.45) is -0.539. The smallest absolute Gasteiger partial charge is 0.0781 e. The number of benzene rings is 1. The summed E-state index contributed by atoms with van der Waals surface area (Å²) in [5.74, 6) is 0. The molecule has 0 aliphatic rings. The molecule has 0 fully saturated rings. The Morgan fingerprint density at radius 1 is 1.06 bits per heavy atom. The maximum Gasteiger partial charge on any atom is 0.0781 e. The monoisotopic (exact) mass is 235 g/mol. The SMILES string of the molecule is Cc1cc(C)c([C@@H](N)[C@@H](O)C(C)(C)C)c(C)c1. The molecule has 96 valence electrons. The third-order valence-corrected chi connectivity index (χ3v) is 3.30. The Labute approximate surface area is 105 Å². The summed E-state index contributed by atoms with van der Waals surface area (Å²) in [6.45, 7) is 12.2. The van der Waals surface area contributed by atoms with Gasteiger partial charge in [0.25, 0.3) is 0 Å². The summed E-state index contributed by atoms with van der Waals surface area (Å²) >= 11 is 0. The van der Waals surface area contributed by atoms with Crippen molar-refractivity contribution in [3.05, 3.63) is 34.4 Å². The van der Waals surface area contributed by atoms with Crippen LogP contribution in [0.5, 0.6) is 0 Å². The normalized spacial score (nSPS) is 15.8. The van der Waals surface area contributed by atoms with E-state index < -0.39 is 6.10 Å².